The van der Waals surface area contributed by atoms with Crippen LogP contribution in [0, 0.1) is 6.92 Å². The van der Waals surface area contributed by atoms with E-state index in [0.29, 0.717) is 18.7 Å². The highest BCUT2D eigenvalue weighted by molar-refractivity contribution is 7.89. The molecule has 0 aliphatic carbocycles. The number of fused-ring (bicyclic) bond motifs is 1. The molecule has 0 saturated heterocycles. The number of anilines is 1. The molecule has 3 rings (SSSR count). The van der Waals surface area contributed by atoms with Crippen molar-refractivity contribution in [3.05, 3.63) is 53.6 Å². The maximum atomic E-state index is 12.8. The standard InChI is InChI=1S/C20H24N2O4S/c1-14-5-7-17(8-6-14)26-15(2)20(23)22-12-11-16-13-18(9-10-19(16)22)27(24,25)21(3)4/h5-10,13,15H,11-12H2,1-4H3. The first-order valence-corrected chi connectivity index (χ1v) is 10.2. The summed E-state index contributed by atoms with van der Waals surface area (Å²) in [5.41, 5.74) is 2.73. The third-order valence-corrected chi connectivity index (χ3v) is 6.48. The highest BCUT2D eigenvalue weighted by Gasteiger charge is 2.30. The van der Waals surface area contributed by atoms with Crippen molar-refractivity contribution in [3.63, 3.8) is 0 Å². The molecule has 0 radical (unpaired) electrons. The quantitative estimate of drug-likeness (QED) is 0.790. The summed E-state index contributed by atoms with van der Waals surface area (Å²) in [5, 5.41) is 0. The van der Waals surface area contributed by atoms with Crippen LogP contribution >= 0.6 is 0 Å². The molecule has 0 bridgehead atoms. The molecule has 1 unspecified atom stereocenters. The van der Waals surface area contributed by atoms with Crippen molar-refractivity contribution in [2.75, 3.05) is 25.5 Å². The predicted molar refractivity (Wildman–Crippen MR) is 105 cm³/mol. The molecule has 0 fully saturated rings. The van der Waals surface area contributed by atoms with E-state index in [-0.39, 0.29) is 10.8 Å². The van der Waals surface area contributed by atoms with Crippen molar-refractivity contribution < 1.29 is 17.9 Å². The summed E-state index contributed by atoms with van der Waals surface area (Å²) in [6.07, 6.45) is -0.0152. The Morgan fingerprint density at radius 3 is 2.44 bits per heavy atom. The summed E-state index contributed by atoms with van der Waals surface area (Å²) in [6, 6.07) is 12.5. The number of nitrogens with zero attached hydrogens (tertiary/aromatic N) is 2. The van der Waals surface area contributed by atoms with E-state index in [9.17, 15) is 13.2 Å². The molecule has 0 spiro atoms. The van der Waals surface area contributed by atoms with Gasteiger partial charge in [-0.3, -0.25) is 4.79 Å². The van der Waals surface area contributed by atoms with Crippen LogP contribution in [-0.2, 0) is 21.2 Å². The molecule has 0 aromatic heterocycles. The van der Waals surface area contributed by atoms with Crippen molar-refractivity contribution in [2.24, 2.45) is 0 Å². The van der Waals surface area contributed by atoms with Crippen LogP contribution in [0.15, 0.2) is 47.4 Å². The second-order valence-electron chi connectivity index (χ2n) is 6.89. The molecule has 2 aromatic rings. The van der Waals surface area contributed by atoms with E-state index in [1.165, 1.54) is 18.4 Å². The van der Waals surface area contributed by atoms with E-state index < -0.39 is 16.1 Å². The van der Waals surface area contributed by atoms with Gasteiger partial charge in [-0.05, 0) is 56.2 Å². The van der Waals surface area contributed by atoms with Crippen molar-refractivity contribution >= 4 is 21.6 Å². The second kappa shape index (κ2) is 7.32. The monoisotopic (exact) mass is 388 g/mol. The van der Waals surface area contributed by atoms with Gasteiger partial charge in [-0.25, -0.2) is 12.7 Å². The number of rotatable bonds is 5. The van der Waals surface area contributed by atoms with E-state index >= 15 is 0 Å². The van der Waals surface area contributed by atoms with Crippen molar-refractivity contribution in [3.8, 4) is 5.75 Å². The molecule has 0 N–H and O–H groups in total. The summed E-state index contributed by atoms with van der Waals surface area (Å²) >= 11 is 0. The SMILES string of the molecule is Cc1ccc(OC(C)C(=O)N2CCc3cc(S(=O)(=O)N(C)C)ccc32)cc1. The third-order valence-electron chi connectivity index (χ3n) is 4.67. The van der Waals surface area contributed by atoms with Crippen LogP contribution in [0.3, 0.4) is 0 Å². The Kier molecular flexibility index (Phi) is 5.26. The van der Waals surface area contributed by atoms with Crippen molar-refractivity contribution in [1.82, 2.24) is 4.31 Å². The lowest BCUT2D eigenvalue weighted by molar-refractivity contribution is -0.124. The Hall–Kier alpha value is -2.38. The first-order valence-electron chi connectivity index (χ1n) is 8.80. The second-order valence-corrected chi connectivity index (χ2v) is 9.04. The Bertz CT molecular complexity index is 952. The molecular formula is C20H24N2O4S. The summed E-state index contributed by atoms with van der Waals surface area (Å²) in [7, 11) is -0.487. The molecule has 0 saturated carbocycles. The van der Waals surface area contributed by atoms with Crippen LogP contribution < -0.4 is 9.64 Å². The average Bonchev–Trinajstić information content (AvgIpc) is 3.06. The molecule has 1 heterocycles. The Morgan fingerprint density at radius 2 is 1.81 bits per heavy atom. The molecule has 1 aliphatic heterocycles. The summed E-state index contributed by atoms with van der Waals surface area (Å²) in [6.45, 7) is 4.23. The molecule has 27 heavy (non-hydrogen) atoms. The highest BCUT2D eigenvalue weighted by Crippen LogP contribution is 2.31. The number of amides is 1. The van der Waals surface area contributed by atoms with Gasteiger partial charge in [0.1, 0.15) is 5.75 Å². The molecule has 2 aromatic carbocycles. The molecule has 1 amide bonds. The van der Waals surface area contributed by atoms with Gasteiger partial charge in [-0.2, -0.15) is 0 Å². The molecule has 1 atom stereocenters. The van der Waals surface area contributed by atoms with Gasteiger partial charge in [-0.15, -0.1) is 0 Å². The smallest absolute Gasteiger partial charge is 0.267 e. The maximum absolute atomic E-state index is 12.8. The van der Waals surface area contributed by atoms with Gasteiger partial charge < -0.3 is 9.64 Å². The van der Waals surface area contributed by atoms with E-state index in [0.717, 1.165) is 16.8 Å². The Labute approximate surface area is 160 Å². The van der Waals surface area contributed by atoms with Gasteiger partial charge in [0.25, 0.3) is 5.91 Å². The van der Waals surface area contributed by atoms with Gasteiger partial charge in [0, 0.05) is 26.3 Å². The van der Waals surface area contributed by atoms with Crippen molar-refractivity contribution in [1.29, 1.82) is 0 Å². The first-order chi connectivity index (χ1) is 12.7. The number of carbonyl (C=O) groups is 1. The Morgan fingerprint density at radius 1 is 1.15 bits per heavy atom. The average molecular weight is 388 g/mol. The van der Waals surface area contributed by atoms with Gasteiger partial charge in [0.05, 0.1) is 4.90 Å². The highest BCUT2D eigenvalue weighted by atomic mass is 32.2. The fourth-order valence-corrected chi connectivity index (χ4v) is 4.02. The minimum absolute atomic E-state index is 0.141. The molecule has 7 heteroatoms. The number of aryl methyl sites for hydroxylation is 1. The van der Waals surface area contributed by atoms with Gasteiger partial charge in [0.2, 0.25) is 10.0 Å². The number of hydrogen-bond donors (Lipinski definition) is 0. The maximum Gasteiger partial charge on any atom is 0.267 e. The summed E-state index contributed by atoms with van der Waals surface area (Å²) < 4.78 is 31.6. The van der Waals surface area contributed by atoms with Gasteiger partial charge in [0.15, 0.2) is 6.10 Å². The van der Waals surface area contributed by atoms with Crippen LogP contribution in [0.1, 0.15) is 18.1 Å². The fraction of sp³-hybridized carbons (Fsp3) is 0.350. The van der Waals surface area contributed by atoms with Gasteiger partial charge in [-0.1, -0.05) is 17.7 Å². The van der Waals surface area contributed by atoms with Crippen LogP contribution in [0.2, 0.25) is 0 Å². The normalized spacial score (nSPS) is 14.9. The topological polar surface area (TPSA) is 66.9 Å². The summed E-state index contributed by atoms with van der Waals surface area (Å²) in [4.78, 5) is 14.8. The number of hydrogen-bond acceptors (Lipinski definition) is 4. The van der Waals surface area contributed by atoms with E-state index in [4.69, 9.17) is 4.74 Å². The molecular weight excluding hydrogens is 364 g/mol. The zero-order chi connectivity index (χ0) is 19.8. The number of carbonyl (C=O) groups excluding carboxylic acids is 1. The van der Waals surface area contributed by atoms with Crippen molar-refractivity contribution in [2.45, 2.75) is 31.3 Å². The number of ether oxygens (including phenoxy) is 1. The lowest BCUT2D eigenvalue weighted by Crippen LogP contribution is -2.39. The molecule has 144 valence electrons. The first kappa shape index (κ1) is 19.4. The van der Waals surface area contributed by atoms with Crippen LogP contribution in [0.5, 0.6) is 5.75 Å². The molecule has 1 aliphatic rings. The number of benzene rings is 2. The van der Waals surface area contributed by atoms with Crippen LogP contribution in [0.4, 0.5) is 5.69 Å². The van der Waals surface area contributed by atoms with E-state index in [2.05, 4.69) is 0 Å². The van der Waals surface area contributed by atoms with E-state index in [1.54, 1.807) is 30.0 Å². The summed E-state index contributed by atoms with van der Waals surface area (Å²) in [5.74, 6) is 0.505. The zero-order valence-corrected chi connectivity index (χ0v) is 16.8. The number of sulfonamides is 1. The lowest BCUT2D eigenvalue weighted by atomic mass is 10.2. The van der Waals surface area contributed by atoms with Gasteiger partial charge >= 0.3 is 0 Å². The largest absolute Gasteiger partial charge is 0.481 e. The van der Waals surface area contributed by atoms with Crippen LogP contribution in [-0.4, -0.2) is 45.4 Å². The van der Waals surface area contributed by atoms with Crippen LogP contribution in [0.25, 0.3) is 0 Å². The fourth-order valence-electron chi connectivity index (χ4n) is 3.07. The van der Waals surface area contributed by atoms with E-state index in [1.807, 2.05) is 31.2 Å². The minimum Gasteiger partial charge on any atom is -0.481 e. The Balaban J connectivity index is 1.78. The predicted octanol–water partition coefficient (Wildman–Crippen LogP) is 2.60. The molecule has 6 nitrogen and oxygen atoms in total. The zero-order valence-electron chi connectivity index (χ0n) is 16.0. The third kappa shape index (κ3) is 3.84. The minimum atomic E-state index is -3.49. The lowest BCUT2D eigenvalue weighted by Gasteiger charge is -2.22.